The SMILES string of the molecule is O=S(=O)(NCC1(O)Cc2ccccc2C1)c1ccc2c(c1)OCCCO2. The van der Waals surface area contributed by atoms with E-state index in [0.717, 1.165) is 17.5 Å². The van der Waals surface area contributed by atoms with Crippen LogP contribution in [0.5, 0.6) is 11.5 Å². The van der Waals surface area contributed by atoms with Crippen LogP contribution in [0.2, 0.25) is 0 Å². The summed E-state index contributed by atoms with van der Waals surface area (Å²) in [6, 6.07) is 12.3. The molecule has 2 aromatic carbocycles. The van der Waals surface area contributed by atoms with Gasteiger partial charge in [0, 0.05) is 31.9 Å². The van der Waals surface area contributed by atoms with Crippen LogP contribution in [0, 0.1) is 0 Å². The van der Waals surface area contributed by atoms with Gasteiger partial charge in [-0.15, -0.1) is 0 Å². The third kappa shape index (κ3) is 3.42. The Labute approximate surface area is 152 Å². The highest BCUT2D eigenvalue weighted by Gasteiger charge is 2.36. The number of benzene rings is 2. The Balaban J connectivity index is 1.49. The number of hydrogen-bond donors (Lipinski definition) is 2. The minimum absolute atomic E-state index is 0.0432. The van der Waals surface area contributed by atoms with Crippen LogP contribution in [0.15, 0.2) is 47.4 Å². The van der Waals surface area contributed by atoms with Crippen LogP contribution >= 0.6 is 0 Å². The highest BCUT2D eigenvalue weighted by molar-refractivity contribution is 7.89. The Morgan fingerprint density at radius 1 is 1.00 bits per heavy atom. The van der Waals surface area contributed by atoms with E-state index in [1.54, 1.807) is 6.07 Å². The minimum atomic E-state index is -3.76. The normalized spacial score (nSPS) is 18.2. The maximum atomic E-state index is 12.7. The zero-order valence-electron chi connectivity index (χ0n) is 14.3. The summed E-state index contributed by atoms with van der Waals surface area (Å²) in [4.78, 5) is 0.0980. The predicted octanol–water partition coefficient (Wildman–Crippen LogP) is 1.66. The van der Waals surface area contributed by atoms with Crippen molar-refractivity contribution < 1.29 is 23.0 Å². The van der Waals surface area contributed by atoms with Crippen molar-refractivity contribution in [2.24, 2.45) is 0 Å². The maximum absolute atomic E-state index is 12.7. The van der Waals surface area contributed by atoms with E-state index in [2.05, 4.69) is 4.72 Å². The van der Waals surface area contributed by atoms with Crippen LogP contribution < -0.4 is 14.2 Å². The van der Waals surface area contributed by atoms with Crippen LogP contribution in [-0.2, 0) is 22.9 Å². The average molecular weight is 375 g/mol. The zero-order valence-corrected chi connectivity index (χ0v) is 15.1. The van der Waals surface area contributed by atoms with Gasteiger partial charge in [-0.25, -0.2) is 13.1 Å². The number of hydrogen-bond acceptors (Lipinski definition) is 5. The molecule has 6 nitrogen and oxygen atoms in total. The fourth-order valence-electron chi connectivity index (χ4n) is 3.42. The maximum Gasteiger partial charge on any atom is 0.240 e. The van der Waals surface area contributed by atoms with Crippen molar-refractivity contribution >= 4 is 10.0 Å². The lowest BCUT2D eigenvalue weighted by atomic mass is 10.0. The highest BCUT2D eigenvalue weighted by Crippen LogP contribution is 2.33. The van der Waals surface area contributed by atoms with Crippen LogP contribution in [-0.4, -0.2) is 38.9 Å². The van der Waals surface area contributed by atoms with Gasteiger partial charge in [0.15, 0.2) is 11.5 Å². The number of rotatable bonds is 4. The molecule has 1 aliphatic carbocycles. The van der Waals surface area contributed by atoms with Crippen LogP contribution in [0.4, 0.5) is 0 Å². The molecular weight excluding hydrogens is 354 g/mol. The molecule has 0 fully saturated rings. The van der Waals surface area contributed by atoms with Gasteiger partial charge in [-0.1, -0.05) is 24.3 Å². The molecule has 2 aromatic rings. The fraction of sp³-hybridized carbons (Fsp3) is 0.368. The predicted molar refractivity (Wildman–Crippen MR) is 96.0 cm³/mol. The van der Waals surface area contributed by atoms with Gasteiger partial charge in [0.2, 0.25) is 10.0 Å². The largest absolute Gasteiger partial charge is 0.490 e. The molecule has 7 heteroatoms. The van der Waals surface area contributed by atoms with Crippen molar-refractivity contribution in [2.75, 3.05) is 19.8 Å². The summed E-state index contributed by atoms with van der Waals surface area (Å²) in [5.41, 5.74) is 1.01. The van der Waals surface area contributed by atoms with E-state index in [4.69, 9.17) is 9.47 Å². The minimum Gasteiger partial charge on any atom is -0.490 e. The molecule has 0 spiro atoms. The topological polar surface area (TPSA) is 84.9 Å². The van der Waals surface area contributed by atoms with Crippen molar-refractivity contribution in [2.45, 2.75) is 29.8 Å². The number of sulfonamides is 1. The molecule has 138 valence electrons. The van der Waals surface area contributed by atoms with Gasteiger partial charge in [-0.05, 0) is 23.3 Å². The second-order valence-corrected chi connectivity index (χ2v) is 8.60. The van der Waals surface area contributed by atoms with E-state index in [9.17, 15) is 13.5 Å². The number of fused-ring (bicyclic) bond motifs is 2. The molecule has 1 heterocycles. The molecule has 2 aliphatic rings. The zero-order chi connectivity index (χ0) is 18.2. The third-order valence-corrected chi connectivity index (χ3v) is 6.18. The average Bonchev–Trinajstić information content (AvgIpc) is 2.80. The first-order chi connectivity index (χ1) is 12.5. The van der Waals surface area contributed by atoms with Crippen LogP contribution in [0.1, 0.15) is 17.5 Å². The van der Waals surface area contributed by atoms with Crippen molar-refractivity contribution in [3.05, 3.63) is 53.6 Å². The quantitative estimate of drug-likeness (QED) is 0.849. The van der Waals surface area contributed by atoms with Gasteiger partial charge in [0.1, 0.15) is 0 Å². The summed E-state index contributed by atoms with van der Waals surface area (Å²) < 4.78 is 38.9. The second kappa shape index (κ2) is 6.57. The van der Waals surface area contributed by atoms with Gasteiger partial charge < -0.3 is 14.6 Å². The molecule has 0 aromatic heterocycles. The first-order valence-electron chi connectivity index (χ1n) is 8.64. The molecule has 0 saturated heterocycles. The van der Waals surface area contributed by atoms with E-state index in [1.807, 2.05) is 24.3 Å². The third-order valence-electron chi connectivity index (χ3n) is 4.78. The Morgan fingerprint density at radius 2 is 1.65 bits per heavy atom. The molecule has 0 saturated carbocycles. The molecule has 0 unspecified atom stereocenters. The fourth-order valence-corrected chi connectivity index (χ4v) is 4.56. The lowest BCUT2D eigenvalue weighted by molar-refractivity contribution is 0.0567. The van der Waals surface area contributed by atoms with Gasteiger partial charge in [-0.2, -0.15) is 0 Å². The smallest absolute Gasteiger partial charge is 0.240 e. The molecule has 1 aliphatic heterocycles. The Hall–Kier alpha value is -2.09. The molecule has 0 bridgehead atoms. The van der Waals surface area contributed by atoms with Crippen molar-refractivity contribution in [1.29, 1.82) is 0 Å². The molecule has 4 rings (SSSR count). The monoisotopic (exact) mass is 375 g/mol. The van der Waals surface area contributed by atoms with Gasteiger partial charge in [-0.3, -0.25) is 0 Å². The number of aliphatic hydroxyl groups is 1. The van der Waals surface area contributed by atoms with Crippen molar-refractivity contribution in [3.8, 4) is 11.5 Å². The molecule has 0 atom stereocenters. The standard InChI is InChI=1S/C19H21NO5S/c21-19(11-14-4-1-2-5-15(14)12-19)13-20-26(22,23)16-6-7-17-18(10-16)25-9-3-8-24-17/h1-2,4-7,10,20-21H,3,8-9,11-13H2. The van der Waals surface area contributed by atoms with Gasteiger partial charge >= 0.3 is 0 Å². The highest BCUT2D eigenvalue weighted by atomic mass is 32.2. The van der Waals surface area contributed by atoms with E-state index >= 15 is 0 Å². The van der Waals surface area contributed by atoms with E-state index in [0.29, 0.717) is 37.6 Å². The lowest BCUT2D eigenvalue weighted by Crippen LogP contribution is -2.43. The molecular formula is C19H21NO5S. The second-order valence-electron chi connectivity index (χ2n) is 6.83. The number of nitrogens with one attached hydrogen (secondary N) is 1. The van der Waals surface area contributed by atoms with Crippen molar-refractivity contribution in [1.82, 2.24) is 4.72 Å². The number of ether oxygens (including phenoxy) is 2. The van der Waals surface area contributed by atoms with E-state index in [-0.39, 0.29) is 11.4 Å². The Bertz CT molecular complexity index is 900. The first-order valence-corrected chi connectivity index (χ1v) is 10.1. The summed E-state index contributed by atoms with van der Waals surface area (Å²) in [7, 11) is -3.76. The molecule has 0 radical (unpaired) electrons. The van der Waals surface area contributed by atoms with Gasteiger partial charge in [0.25, 0.3) is 0 Å². The summed E-state index contributed by atoms with van der Waals surface area (Å²) in [5.74, 6) is 0.976. The Morgan fingerprint density at radius 3 is 2.35 bits per heavy atom. The Kier molecular flexibility index (Phi) is 4.38. The van der Waals surface area contributed by atoms with Crippen molar-refractivity contribution in [3.63, 3.8) is 0 Å². The summed E-state index contributed by atoms with van der Waals surface area (Å²) >= 11 is 0. The molecule has 0 amide bonds. The van der Waals surface area contributed by atoms with Crippen LogP contribution in [0.3, 0.4) is 0 Å². The molecule has 2 N–H and O–H groups in total. The summed E-state index contributed by atoms with van der Waals surface area (Å²) in [6.07, 6.45) is 1.63. The van der Waals surface area contributed by atoms with E-state index in [1.165, 1.54) is 12.1 Å². The molecule has 26 heavy (non-hydrogen) atoms. The van der Waals surface area contributed by atoms with Crippen LogP contribution in [0.25, 0.3) is 0 Å². The summed E-state index contributed by atoms with van der Waals surface area (Å²) in [6.45, 7) is 0.991. The van der Waals surface area contributed by atoms with E-state index < -0.39 is 15.6 Å². The van der Waals surface area contributed by atoms with Gasteiger partial charge in [0.05, 0.1) is 23.7 Å². The lowest BCUT2D eigenvalue weighted by Gasteiger charge is -2.22. The summed E-state index contributed by atoms with van der Waals surface area (Å²) in [5, 5.41) is 10.8. The first kappa shape index (κ1) is 17.3.